The molecular weight excluding hydrogens is 316 g/mol. The molecule has 0 saturated heterocycles. The highest BCUT2D eigenvalue weighted by molar-refractivity contribution is 7.15. The van der Waals surface area contributed by atoms with E-state index in [9.17, 15) is 0 Å². The van der Waals surface area contributed by atoms with E-state index in [0.29, 0.717) is 6.61 Å². The summed E-state index contributed by atoms with van der Waals surface area (Å²) in [6, 6.07) is 18.5. The SMILES string of the molecule is CN1CCc2nc(-c3ccc(OCc4ccccc4)cc3)sc2C1. The van der Waals surface area contributed by atoms with Crippen LogP contribution in [0.15, 0.2) is 54.6 Å². The molecule has 0 unspecified atom stereocenters. The van der Waals surface area contributed by atoms with Crippen LogP contribution in [0.3, 0.4) is 0 Å². The minimum atomic E-state index is 0.595. The molecule has 24 heavy (non-hydrogen) atoms. The first-order valence-corrected chi connectivity index (χ1v) is 9.04. The van der Waals surface area contributed by atoms with Gasteiger partial charge in [-0.1, -0.05) is 30.3 Å². The topological polar surface area (TPSA) is 25.4 Å². The van der Waals surface area contributed by atoms with Crippen molar-refractivity contribution in [3.63, 3.8) is 0 Å². The minimum Gasteiger partial charge on any atom is -0.489 e. The van der Waals surface area contributed by atoms with Crippen molar-refractivity contribution < 1.29 is 4.74 Å². The first-order chi connectivity index (χ1) is 11.8. The van der Waals surface area contributed by atoms with Crippen LogP contribution >= 0.6 is 11.3 Å². The third-order valence-electron chi connectivity index (χ3n) is 4.27. The molecule has 122 valence electrons. The van der Waals surface area contributed by atoms with E-state index in [4.69, 9.17) is 9.72 Å². The zero-order chi connectivity index (χ0) is 16.4. The second-order valence-electron chi connectivity index (χ2n) is 6.18. The minimum absolute atomic E-state index is 0.595. The number of benzene rings is 2. The Labute approximate surface area is 146 Å². The molecule has 0 atom stereocenters. The van der Waals surface area contributed by atoms with Crippen molar-refractivity contribution in [3.05, 3.63) is 70.7 Å². The predicted octanol–water partition coefficient (Wildman–Crippen LogP) is 4.38. The summed E-state index contributed by atoms with van der Waals surface area (Å²) < 4.78 is 5.85. The van der Waals surface area contributed by atoms with Gasteiger partial charge in [0.15, 0.2) is 0 Å². The lowest BCUT2D eigenvalue weighted by molar-refractivity contribution is 0.306. The van der Waals surface area contributed by atoms with Gasteiger partial charge in [0.1, 0.15) is 17.4 Å². The molecular formula is C20H20N2OS. The highest BCUT2D eigenvalue weighted by atomic mass is 32.1. The largest absolute Gasteiger partial charge is 0.489 e. The van der Waals surface area contributed by atoms with E-state index in [1.807, 2.05) is 41.7 Å². The van der Waals surface area contributed by atoms with Crippen molar-refractivity contribution in [2.24, 2.45) is 0 Å². The fourth-order valence-electron chi connectivity index (χ4n) is 2.88. The van der Waals surface area contributed by atoms with Crippen LogP contribution in [0.1, 0.15) is 16.1 Å². The maximum absolute atomic E-state index is 5.85. The van der Waals surface area contributed by atoms with Crippen molar-refractivity contribution in [1.82, 2.24) is 9.88 Å². The Morgan fingerprint density at radius 2 is 1.88 bits per heavy atom. The average molecular weight is 336 g/mol. The summed E-state index contributed by atoms with van der Waals surface area (Å²) >= 11 is 1.81. The lowest BCUT2D eigenvalue weighted by atomic mass is 10.2. The highest BCUT2D eigenvalue weighted by Crippen LogP contribution is 2.32. The Morgan fingerprint density at radius 3 is 2.67 bits per heavy atom. The van der Waals surface area contributed by atoms with Crippen molar-refractivity contribution in [2.45, 2.75) is 19.6 Å². The van der Waals surface area contributed by atoms with Gasteiger partial charge in [0.25, 0.3) is 0 Å². The molecule has 0 saturated carbocycles. The molecule has 0 fully saturated rings. The Morgan fingerprint density at radius 1 is 1.08 bits per heavy atom. The third-order valence-corrected chi connectivity index (χ3v) is 5.40. The molecule has 1 aromatic heterocycles. The van der Waals surface area contributed by atoms with Crippen molar-refractivity contribution in [1.29, 1.82) is 0 Å². The lowest BCUT2D eigenvalue weighted by Crippen LogP contribution is -2.25. The number of ether oxygens (including phenoxy) is 1. The van der Waals surface area contributed by atoms with Gasteiger partial charge in [-0.15, -0.1) is 11.3 Å². The first kappa shape index (κ1) is 15.4. The van der Waals surface area contributed by atoms with E-state index in [1.54, 1.807) is 0 Å². The molecule has 1 aliphatic heterocycles. The molecule has 3 nitrogen and oxygen atoms in total. The fourth-order valence-corrected chi connectivity index (χ4v) is 4.07. The second-order valence-corrected chi connectivity index (χ2v) is 7.26. The molecule has 2 aromatic carbocycles. The fraction of sp³-hybridized carbons (Fsp3) is 0.250. The maximum Gasteiger partial charge on any atom is 0.123 e. The van der Waals surface area contributed by atoms with Crippen LogP contribution < -0.4 is 4.74 Å². The van der Waals surface area contributed by atoms with Crippen LogP contribution in [0.25, 0.3) is 10.6 Å². The summed E-state index contributed by atoms with van der Waals surface area (Å²) in [5, 5.41) is 1.12. The number of nitrogens with zero attached hydrogens (tertiary/aromatic N) is 2. The van der Waals surface area contributed by atoms with Crippen molar-refractivity contribution >= 4 is 11.3 Å². The molecule has 3 aromatic rings. The number of likely N-dealkylation sites (N-methyl/N-ethyl adjacent to an activating group) is 1. The normalized spacial score (nSPS) is 14.4. The Kier molecular flexibility index (Phi) is 4.32. The quantitative estimate of drug-likeness (QED) is 0.707. The molecule has 0 aliphatic carbocycles. The summed E-state index contributed by atoms with van der Waals surface area (Å²) in [7, 11) is 2.17. The Balaban J connectivity index is 1.46. The number of hydrogen-bond acceptors (Lipinski definition) is 4. The van der Waals surface area contributed by atoms with E-state index in [-0.39, 0.29) is 0 Å². The molecule has 0 bridgehead atoms. The van der Waals surface area contributed by atoms with Crippen LogP contribution in [-0.2, 0) is 19.6 Å². The average Bonchev–Trinajstić information content (AvgIpc) is 3.04. The number of rotatable bonds is 4. The molecule has 1 aliphatic rings. The molecule has 0 radical (unpaired) electrons. The molecule has 2 heterocycles. The van der Waals surface area contributed by atoms with E-state index in [2.05, 4.69) is 36.2 Å². The number of fused-ring (bicyclic) bond motifs is 1. The van der Waals surface area contributed by atoms with E-state index in [1.165, 1.54) is 21.7 Å². The van der Waals surface area contributed by atoms with Gasteiger partial charge in [0, 0.05) is 30.0 Å². The lowest BCUT2D eigenvalue weighted by Gasteiger charge is -2.20. The van der Waals surface area contributed by atoms with Gasteiger partial charge in [-0.05, 0) is 36.9 Å². The van der Waals surface area contributed by atoms with E-state index in [0.717, 1.165) is 30.3 Å². The molecule has 4 heteroatoms. The summed E-state index contributed by atoms with van der Waals surface area (Å²) in [6.07, 6.45) is 1.06. The van der Waals surface area contributed by atoms with Crippen LogP contribution in [0.2, 0.25) is 0 Å². The van der Waals surface area contributed by atoms with Crippen LogP contribution in [0.4, 0.5) is 0 Å². The summed E-state index contributed by atoms with van der Waals surface area (Å²) in [4.78, 5) is 8.59. The van der Waals surface area contributed by atoms with Gasteiger partial charge in [-0.3, -0.25) is 0 Å². The number of hydrogen-bond donors (Lipinski definition) is 0. The first-order valence-electron chi connectivity index (χ1n) is 8.22. The summed E-state index contributed by atoms with van der Waals surface area (Å²) in [6.45, 7) is 2.71. The van der Waals surface area contributed by atoms with Gasteiger partial charge in [0.05, 0.1) is 5.69 Å². The van der Waals surface area contributed by atoms with Crippen molar-refractivity contribution in [2.75, 3.05) is 13.6 Å². The number of thiazole rings is 1. The van der Waals surface area contributed by atoms with Crippen LogP contribution in [0.5, 0.6) is 5.75 Å². The number of aromatic nitrogens is 1. The Bertz CT molecular complexity index is 811. The summed E-state index contributed by atoms with van der Waals surface area (Å²) in [5.41, 5.74) is 3.62. The Hall–Kier alpha value is -2.17. The van der Waals surface area contributed by atoms with Gasteiger partial charge >= 0.3 is 0 Å². The van der Waals surface area contributed by atoms with Crippen molar-refractivity contribution in [3.8, 4) is 16.3 Å². The summed E-state index contributed by atoms with van der Waals surface area (Å²) in [5.74, 6) is 0.892. The molecule has 0 N–H and O–H groups in total. The molecule has 0 spiro atoms. The van der Waals surface area contributed by atoms with E-state index < -0.39 is 0 Å². The smallest absolute Gasteiger partial charge is 0.123 e. The zero-order valence-electron chi connectivity index (χ0n) is 13.7. The van der Waals surface area contributed by atoms with Gasteiger partial charge in [0.2, 0.25) is 0 Å². The zero-order valence-corrected chi connectivity index (χ0v) is 14.6. The monoisotopic (exact) mass is 336 g/mol. The van der Waals surface area contributed by atoms with Crippen LogP contribution in [0, 0.1) is 0 Å². The van der Waals surface area contributed by atoms with E-state index >= 15 is 0 Å². The second kappa shape index (κ2) is 6.75. The van der Waals surface area contributed by atoms with Gasteiger partial charge in [-0.2, -0.15) is 0 Å². The van der Waals surface area contributed by atoms with Gasteiger partial charge < -0.3 is 9.64 Å². The standard InChI is InChI=1S/C20H20N2OS/c1-22-12-11-18-19(13-22)24-20(21-18)16-7-9-17(10-8-16)23-14-15-5-3-2-4-6-15/h2-10H,11-14H2,1H3. The molecule has 4 rings (SSSR count). The third kappa shape index (κ3) is 3.35. The highest BCUT2D eigenvalue weighted by Gasteiger charge is 2.18. The van der Waals surface area contributed by atoms with Crippen LogP contribution in [-0.4, -0.2) is 23.5 Å². The predicted molar refractivity (Wildman–Crippen MR) is 98.4 cm³/mol. The molecule has 0 amide bonds. The maximum atomic E-state index is 5.85. The van der Waals surface area contributed by atoms with Gasteiger partial charge in [-0.25, -0.2) is 4.98 Å².